The van der Waals surface area contributed by atoms with Crippen molar-refractivity contribution in [2.24, 2.45) is 0 Å². The van der Waals surface area contributed by atoms with Crippen molar-refractivity contribution in [1.82, 2.24) is 14.8 Å². The van der Waals surface area contributed by atoms with Gasteiger partial charge in [0.25, 0.3) is 0 Å². The van der Waals surface area contributed by atoms with Gasteiger partial charge in [-0.15, -0.1) is 5.10 Å². The quantitative estimate of drug-likeness (QED) is 0.876. The lowest BCUT2D eigenvalue weighted by molar-refractivity contribution is 0.0649. The number of nitrogens with zero attached hydrogens (tertiary/aromatic N) is 3. The number of anilines is 1. The fourth-order valence-electron chi connectivity index (χ4n) is 2.57. The Morgan fingerprint density at radius 2 is 2.06 bits per heavy atom. The van der Waals surface area contributed by atoms with Gasteiger partial charge in [0, 0.05) is 7.11 Å². The molecule has 0 fully saturated rings. The SMILES string of the molecule is COC1CCC(c2ccccc2)n2nc(N)nc21. The van der Waals surface area contributed by atoms with E-state index in [-0.39, 0.29) is 12.1 Å². The van der Waals surface area contributed by atoms with Crippen molar-refractivity contribution in [1.29, 1.82) is 0 Å². The second-order valence-corrected chi connectivity index (χ2v) is 4.50. The fourth-order valence-corrected chi connectivity index (χ4v) is 2.57. The third kappa shape index (κ3) is 1.76. The van der Waals surface area contributed by atoms with Gasteiger partial charge >= 0.3 is 0 Å². The number of benzene rings is 1. The summed E-state index contributed by atoms with van der Waals surface area (Å²) in [5, 5.41) is 4.31. The molecular weight excluding hydrogens is 228 g/mol. The lowest BCUT2D eigenvalue weighted by atomic mass is 9.96. The van der Waals surface area contributed by atoms with Gasteiger partial charge in [-0.25, -0.2) is 4.68 Å². The van der Waals surface area contributed by atoms with Gasteiger partial charge in [-0.05, 0) is 18.4 Å². The summed E-state index contributed by atoms with van der Waals surface area (Å²) < 4.78 is 7.34. The lowest BCUT2D eigenvalue weighted by Gasteiger charge is -2.28. The highest BCUT2D eigenvalue weighted by molar-refractivity contribution is 5.24. The maximum absolute atomic E-state index is 5.72. The van der Waals surface area contributed by atoms with Gasteiger partial charge in [0.2, 0.25) is 5.95 Å². The van der Waals surface area contributed by atoms with Crippen molar-refractivity contribution in [3.05, 3.63) is 41.7 Å². The Morgan fingerprint density at radius 1 is 1.28 bits per heavy atom. The smallest absolute Gasteiger partial charge is 0.239 e. The minimum atomic E-state index is -0.00485. The maximum atomic E-state index is 5.72. The predicted octanol–water partition coefficient (Wildman–Crippen LogP) is 1.93. The number of rotatable bonds is 2. The lowest BCUT2D eigenvalue weighted by Crippen LogP contribution is -2.24. The zero-order valence-corrected chi connectivity index (χ0v) is 10.3. The highest BCUT2D eigenvalue weighted by Gasteiger charge is 2.30. The minimum Gasteiger partial charge on any atom is -0.373 e. The minimum absolute atomic E-state index is 0.00485. The first-order valence-corrected chi connectivity index (χ1v) is 6.09. The van der Waals surface area contributed by atoms with E-state index in [9.17, 15) is 0 Å². The normalized spacial score (nSPS) is 22.7. The number of ether oxygens (including phenoxy) is 1. The molecule has 1 aromatic carbocycles. The van der Waals surface area contributed by atoms with Crippen molar-refractivity contribution < 1.29 is 4.74 Å². The molecule has 2 unspecified atom stereocenters. The standard InChI is InChI=1S/C13H16N4O/c1-18-11-8-7-10(9-5-3-2-4-6-9)17-12(11)15-13(14)16-17/h2-6,10-11H,7-8H2,1H3,(H2,14,16). The van der Waals surface area contributed by atoms with E-state index in [4.69, 9.17) is 10.5 Å². The van der Waals surface area contributed by atoms with Crippen LogP contribution in [0, 0.1) is 0 Å². The van der Waals surface area contributed by atoms with E-state index in [0.29, 0.717) is 5.95 Å². The van der Waals surface area contributed by atoms with E-state index in [1.54, 1.807) is 7.11 Å². The van der Waals surface area contributed by atoms with Crippen molar-refractivity contribution in [2.45, 2.75) is 25.0 Å². The fraction of sp³-hybridized carbons (Fsp3) is 0.385. The van der Waals surface area contributed by atoms with Gasteiger partial charge in [0.05, 0.1) is 6.04 Å². The number of aromatic nitrogens is 3. The van der Waals surface area contributed by atoms with Crippen LogP contribution in [0.4, 0.5) is 5.95 Å². The van der Waals surface area contributed by atoms with Gasteiger partial charge in [0.15, 0.2) is 5.82 Å². The van der Waals surface area contributed by atoms with E-state index < -0.39 is 0 Å². The van der Waals surface area contributed by atoms with Crippen LogP contribution in [0.2, 0.25) is 0 Å². The number of nitrogens with two attached hydrogens (primary N) is 1. The molecule has 0 saturated heterocycles. The first kappa shape index (κ1) is 11.2. The first-order chi connectivity index (χ1) is 8.79. The van der Waals surface area contributed by atoms with Gasteiger partial charge in [-0.1, -0.05) is 30.3 Å². The third-order valence-electron chi connectivity index (χ3n) is 3.43. The highest BCUT2D eigenvalue weighted by atomic mass is 16.5. The Labute approximate surface area is 106 Å². The predicted molar refractivity (Wildman–Crippen MR) is 68.0 cm³/mol. The summed E-state index contributed by atoms with van der Waals surface area (Å²) in [5.74, 6) is 1.14. The molecule has 5 nitrogen and oxygen atoms in total. The molecule has 0 amide bonds. The average Bonchev–Trinajstić information content (AvgIpc) is 2.80. The summed E-state index contributed by atoms with van der Waals surface area (Å²) in [5.41, 5.74) is 6.95. The van der Waals surface area contributed by atoms with Gasteiger partial charge in [0.1, 0.15) is 6.10 Å². The topological polar surface area (TPSA) is 66.0 Å². The van der Waals surface area contributed by atoms with Crippen LogP contribution in [-0.2, 0) is 4.74 Å². The zero-order valence-electron chi connectivity index (χ0n) is 10.3. The molecule has 1 aromatic heterocycles. The van der Waals surface area contributed by atoms with Crippen molar-refractivity contribution >= 4 is 5.95 Å². The van der Waals surface area contributed by atoms with E-state index in [2.05, 4.69) is 22.2 Å². The summed E-state index contributed by atoms with van der Waals surface area (Å²) in [7, 11) is 1.70. The Morgan fingerprint density at radius 3 is 2.78 bits per heavy atom. The van der Waals surface area contributed by atoms with Crippen molar-refractivity contribution in [3.63, 3.8) is 0 Å². The molecule has 0 spiro atoms. The first-order valence-electron chi connectivity index (χ1n) is 6.09. The maximum Gasteiger partial charge on any atom is 0.239 e. The molecule has 18 heavy (non-hydrogen) atoms. The number of fused-ring (bicyclic) bond motifs is 1. The van der Waals surface area contributed by atoms with E-state index >= 15 is 0 Å². The van der Waals surface area contributed by atoms with E-state index in [1.165, 1.54) is 5.56 Å². The molecule has 2 heterocycles. The van der Waals surface area contributed by atoms with Crippen LogP contribution in [0.1, 0.15) is 36.4 Å². The third-order valence-corrected chi connectivity index (χ3v) is 3.43. The monoisotopic (exact) mass is 244 g/mol. The van der Waals surface area contributed by atoms with Crippen LogP contribution in [0.5, 0.6) is 0 Å². The zero-order chi connectivity index (χ0) is 12.5. The summed E-state index contributed by atoms with van der Waals surface area (Å²) in [6.07, 6.45) is 1.92. The molecule has 0 radical (unpaired) electrons. The molecule has 1 aliphatic heterocycles. The van der Waals surface area contributed by atoms with Crippen LogP contribution in [0.15, 0.2) is 30.3 Å². The number of hydrogen-bond acceptors (Lipinski definition) is 4. The van der Waals surface area contributed by atoms with Gasteiger partial charge < -0.3 is 10.5 Å². The van der Waals surface area contributed by atoms with Crippen LogP contribution in [-0.4, -0.2) is 21.9 Å². The number of nitrogen functional groups attached to an aromatic ring is 1. The molecule has 0 bridgehead atoms. The van der Waals surface area contributed by atoms with Crippen LogP contribution in [0.3, 0.4) is 0 Å². The Balaban J connectivity index is 2.04. The highest BCUT2D eigenvalue weighted by Crippen LogP contribution is 2.36. The Kier molecular flexibility index (Phi) is 2.76. The summed E-state index contributed by atoms with van der Waals surface area (Å²) in [6.45, 7) is 0. The molecule has 3 rings (SSSR count). The van der Waals surface area contributed by atoms with Crippen LogP contribution in [0.25, 0.3) is 0 Å². The van der Waals surface area contributed by atoms with Crippen LogP contribution >= 0.6 is 0 Å². The summed E-state index contributed by atoms with van der Waals surface area (Å²) in [6, 6.07) is 10.5. The van der Waals surface area contributed by atoms with E-state index in [1.807, 2.05) is 22.9 Å². The van der Waals surface area contributed by atoms with Gasteiger partial charge in [-0.3, -0.25) is 0 Å². The molecule has 2 aromatic rings. The molecule has 0 saturated carbocycles. The van der Waals surface area contributed by atoms with Crippen LogP contribution < -0.4 is 5.73 Å². The number of methoxy groups -OCH3 is 1. The van der Waals surface area contributed by atoms with Gasteiger partial charge in [-0.2, -0.15) is 4.98 Å². The molecule has 5 heteroatoms. The summed E-state index contributed by atoms with van der Waals surface area (Å²) >= 11 is 0. The second kappa shape index (κ2) is 4.42. The van der Waals surface area contributed by atoms with Crippen molar-refractivity contribution in [2.75, 3.05) is 12.8 Å². The second-order valence-electron chi connectivity index (χ2n) is 4.50. The average molecular weight is 244 g/mol. The molecule has 94 valence electrons. The molecule has 2 N–H and O–H groups in total. The largest absolute Gasteiger partial charge is 0.373 e. The summed E-state index contributed by atoms with van der Waals surface area (Å²) in [4.78, 5) is 4.28. The Bertz CT molecular complexity index is 537. The molecular formula is C13H16N4O. The van der Waals surface area contributed by atoms with Crippen molar-refractivity contribution in [3.8, 4) is 0 Å². The molecule has 1 aliphatic rings. The Hall–Kier alpha value is -1.88. The molecule has 0 aliphatic carbocycles. The van der Waals surface area contributed by atoms with E-state index in [0.717, 1.165) is 18.7 Å². The molecule has 2 atom stereocenters. The number of hydrogen-bond donors (Lipinski definition) is 1.